The highest BCUT2D eigenvalue weighted by molar-refractivity contribution is 5.97. The summed E-state index contributed by atoms with van der Waals surface area (Å²) < 4.78 is 0. The number of nitrogens with zero attached hydrogens (tertiary/aromatic N) is 2. The molecule has 8 rings (SSSR count). The fraction of sp³-hybridized carbons (Fsp3) is 0.295. The predicted octanol–water partition coefficient (Wildman–Crippen LogP) is 11.8. The van der Waals surface area contributed by atoms with Gasteiger partial charge in [-0.05, 0) is 137 Å². The van der Waals surface area contributed by atoms with Crippen LogP contribution in [0.4, 0.5) is 17.1 Å². The molecule has 0 radical (unpaired) electrons. The summed E-state index contributed by atoms with van der Waals surface area (Å²) in [6.07, 6.45) is 10.4. The Kier molecular flexibility index (Phi) is 6.83. The molecule has 3 aliphatic carbocycles. The van der Waals surface area contributed by atoms with E-state index < -0.39 is 0 Å². The Morgan fingerprint density at radius 3 is 2.13 bits per heavy atom. The van der Waals surface area contributed by atoms with Gasteiger partial charge in [0, 0.05) is 34.9 Å². The minimum absolute atomic E-state index is 0.0938. The minimum Gasteiger partial charge on any atom is -0.310 e. The maximum atomic E-state index is 4.41. The first-order valence-corrected chi connectivity index (χ1v) is 17.1. The SMILES string of the molecule is CC1=CC2(c3ccccc3-c3c(-c4ccncc4)cc(N(c4ccccc4)c4ccc(C(C)(C)C)cc4)cc32)C2CC(C)CC1C2. The third-order valence-corrected chi connectivity index (χ3v) is 11.2. The molecular weight excluding hydrogens is 556 g/mol. The lowest BCUT2D eigenvalue weighted by molar-refractivity contribution is 0.168. The van der Waals surface area contributed by atoms with Crippen LogP contribution in [0.1, 0.15) is 70.6 Å². The first-order chi connectivity index (χ1) is 22.2. The van der Waals surface area contributed by atoms with Crippen molar-refractivity contribution in [3.8, 4) is 22.3 Å². The number of fused-ring (bicyclic) bond motifs is 8. The lowest BCUT2D eigenvalue weighted by Gasteiger charge is -2.49. The van der Waals surface area contributed by atoms with Gasteiger partial charge in [-0.25, -0.2) is 0 Å². The van der Waals surface area contributed by atoms with Crippen LogP contribution in [-0.2, 0) is 10.8 Å². The van der Waals surface area contributed by atoms with Gasteiger partial charge < -0.3 is 4.90 Å². The topological polar surface area (TPSA) is 16.1 Å². The smallest absolute Gasteiger partial charge is 0.0471 e. The second-order valence-corrected chi connectivity index (χ2v) is 15.1. The van der Waals surface area contributed by atoms with Gasteiger partial charge in [0.1, 0.15) is 0 Å². The fourth-order valence-corrected chi connectivity index (χ4v) is 9.01. The number of pyridine rings is 1. The van der Waals surface area contributed by atoms with E-state index in [0.29, 0.717) is 11.8 Å². The van der Waals surface area contributed by atoms with Crippen molar-refractivity contribution in [3.63, 3.8) is 0 Å². The highest BCUT2D eigenvalue weighted by Gasteiger charge is 2.52. The minimum atomic E-state index is -0.141. The van der Waals surface area contributed by atoms with Crippen LogP contribution < -0.4 is 4.90 Å². The summed E-state index contributed by atoms with van der Waals surface area (Å²) in [6, 6.07) is 38.7. The fourth-order valence-electron chi connectivity index (χ4n) is 9.01. The van der Waals surface area contributed by atoms with Crippen LogP contribution in [0.25, 0.3) is 22.3 Å². The number of para-hydroxylation sites is 1. The first-order valence-electron chi connectivity index (χ1n) is 17.1. The van der Waals surface area contributed by atoms with Crippen molar-refractivity contribution in [2.45, 2.75) is 64.7 Å². The monoisotopic (exact) mass is 600 g/mol. The van der Waals surface area contributed by atoms with Gasteiger partial charge in [0.15, 0.2) is 0 Å². The molecule has 0 N–H and O–H groups in total. The molecule has 1 aromatic heterocycles. The summed E-state index contributed by atoms with van der Waals surface area (Å²) in [5, 5.41) is 0. The van der Waals surface area contributed by atoms with E-state index in [1.54, 1.807) is 5.57 Å². The van der Waals surface area contributed by atoms with E-state index in [0.717, 1.165) is 11.6 Å². The Hall–Kier alpha value is -4.43. The van der Waals surface area contributed by atoms with Crippen molar-refractivity contribution in [1.82, 2.24) is 4.98 Å². The second kappa shape index (κ2) is 10.8. The van der Waals surface area contributed by atoms with Gasteiger partial charge in [0.2, 0.25) is 0 Å². The highest BCUT2D eigenvalue weighted by atomic mass is 15.1. The third-order valence-electron chi connectivity index (χ3n) is 11.2. The van der Waals surface area contributed by atoms with Gasteiger partial charge in [-0.2, -0.15) is 0 Å². The van der Waals surface area contributed by atoms with Crippen LogP contribution >= 0.6 is 0 Å². The quantitative estimate of drug-likeness (QED) is 0.191. The molecule has 46 heavy (non-hydrogen) atoms. The standard InChI is InChI=1S/C44H44N2/c1-29-23-32-25-34(24-29)44(28-30(32)2)40-14-10-9-13-38(40)42-39(31-19-21-45-22-20-31)26-37(27-41(42)44)46(35-11-7-6-8-12-35)36-17-15-33(16-18-36)43(3,4)5/h6-22,26-29,32,34H,23-25H2,1-5H3. The molecular formula is C44H44N2. The number of rotatable bonds is 4. The zero-order valence-electron chi connectivity index (χ0n) is 27.8. The van der Waals surface area contributed by atoms with E-state index in [-0.39, 0.29) is 10.8 Å². The number of hydrogen-bond acceptors (Lipinski definition) is 2. The van der Waals surface area contributed by atoms with E-state index in [2.05, 4.69) is 154 Å². The summed E-state index contributed by atoms with van der Waals surface area (Å²) in [5.74, 6) is 2.00. The summed E-state index contributed by atoms with van der Waals surface area (Å²) in [6.45, 7) is 11.7. The molecule has 0 saturated heterocycles. The average molecular weight is 601 g/mol. The molecule has 2 bridgehead atoms. The lowest BCUT2D eigenvalue weighted by atomic mass is 9.55. The van der Waals surface area contributed by atoms with Crippen LogP contribution in [0, 0.1) is 17.8 Å². The largest absolute Gasteiger partial charge is 0.310 e. The Balaban J connectivity index is 1.44. The second-order valence-electron chi connectivity index (χ2n) is 15.1. The molecule has 1 heterocycles. The third kappa shape index (κ3) is 4.56. The summed E-state index contributed by atoms with van der Waals surface area (Å²) >= 11 is 0. The van der Waals surface area contributed by atoms with Crippen LogP contribution in [-0.4, -0.2) is 4.98 Å². The van der Waals surface area contributed by atoms with Gasteiger partial charge in [-0.3, -0.25) is 4.98 Å². The molecule has 1 fully saturated rings. The van der Waals surface area contributed by atoms with E-state index in [1.165, 1.54) is 69.6 Å². The summed E-state index contributed by atoms with van der Waals surface area (Å²) in [5.41, 5.74) is 14.6. The van der Waals surface area contributed by atoms with E-state index in [4.69, 9.17) is 0 Å². The zero-order valence-corrected chi connectivity index (χ0v) is 27.8. The van der Waals surface area contributed by atoms with Crippen molar-refractivity contribution in [2.24, 2.45) is 17.8 Å². The van der Waals surface area contributed by atoms with Crippen LogP contribution in [0.5, 0.6) is 0 Å². The maximum absolute atomic E-state index is 4.41. The van der Waals surface area contributed by atoms with E-state index in [9.17, 15) is 0 Å². The summed E-state index contributed by atoms with van der Waals surface area (Å²) in [4.78, 5) is 6.87. The Morgan fingerprint density at radius 2 is 1.39 bits per heavy atom. The van der Waals surface area contributed by atoms with Gasteiger partial charge in [-0.15, -0.1) is 0 Å². The molecule has 0 aliphatic heterocycles. The first kappa shape index (κ1) is 29.0. The van der Waals surface area contributed by atoms with Crippen LogP contribution in [0.3, 0.4) is 0 Å². The molecule has 2 heteroatoms. The molecule has 0 amide bonds. The maximum Gasteiger partial charge on any atom is 0.0471 e. The molecule has 4 aromatic carbocycles. The average Bonchev–Trinajstić information content (AvgIpc) is 3.34. The van der Waals surface area contributed by atoms with Gasteiger partial charge in [0.25, 0.3) is 0 Å². The van der Waals surface area contributed by atoms with Crippen molar-refractivity contribution in [1.29, 1.82) is 0 Å². The van der Waals surface area contributed by atoms with Crippen molar-refractivity contribution in [3.05, 3.63) is 144 Å². The van der Waals surface area contributed by atoms with Gasteiger partial charge >= 0.3 is 0 Å². The van der Waals surface area contributed by atoms with Crippen LogP contribution in [0.2, 0.25) is 0 Å². The molecule has 2 nitrogen and oxygen atoms in total. The Bertz CT molecular complexity index is 1930. The Morgan fingerprint density at radius 1 is 0.696 bits per heavy atom. The number of allylic oxidation sites excluding steroid dienone is 2. The highest BCUT2D eigenvalue weighted by Crippen LogP contribution is 2.63. The number of aromatic nitrogens is 1. The summed E-state index contributed by atoms with van der Waals surface area (Å²) in [7, 11) is 0. The van der Waals surface area contributed by atoms with Gasteiger partial charge in [-0.1, -0.05) is 93.9 Å². The number of anilines is 3. The van der Waals surface area contributed by atoms with Crippen molar-refractivity contribution < 1.29 is 0 Å². The van der Waals surface area contributed by atoms with E-state index >= 15 is 0 Å². The molecule has 5 aromatic rings. The van der Waals surface area contributed by atoms with Gasteiger partial charge in [0.05, 0.1) is 0 Å². The zero-order chi connectivity index (χ0) is 31.6. The number of hydrogen-bond donors (Lipinski definition) is 0. The van der Waals surface area contributed by atoms with E-state index in [1.807, 2.05) is 12.4 Å². The normalized spacial score (nSPS) is 23.1. The number of benzene rings is 4. The molecule has 230 valence electrons. The van der Waals surface area contributed by atoms with Crippen molar-refractivity contribution in [2.75, 3.05) is 4.90 Å². The lowest BCUT2D eigenvalue weighted by Crippen LogP contribution is -2.42. The van der Waals surface area contributed by atoms with Crippen molar-refractivity contribution >= 4 is 17.1 Å². The predicted molar refractivity (Wildman–Crippen MR) is 193 cm³/mol. The molecule has 4 atom stereocenters. The molecule has 3 aliphatic rings. The molecule has 1 saturated carbocycles. The molecule has 4 unspecified atom stereocenters. The Labute approximate surface area is 274 Å². The molecule has 1 spiro atoms. The van der Waals surface area contributed by atoms with Crippen LogP contribution in [0.15, 0.2) is 127 Å².